The van der Waals surface area contributed by atoms with E-state index in [0.717, 1.165) is 17.0 Å². The maximum atomic E-state index is 12.3. The molecule has 1 atom stereocenters. The van der Waals surface area contributed by atoms with E-state index in [1.54, 1.807) is 7.05 Å². The van der Waals surface area contributed by atoms with Crippen molar-refractivity contribution < 1.29 is 9.59 Å². The van der Waals surface area contributed by atoms with Crippen molar-refractivity contribution >= 4 is 45.7 Å². The minimum Gasteiger partial charge on any atom is -0.320 e. The normalized spacial score (nSPS) is 20.4. The summed E-state index contributed by atoms with van der Waals surface area (Å²) in [6.07, 6.45) is 0. The molecular formula is C19H17N5O2S. The highest BCUT2D eigenvalue weighted by Gasteiger charge is 2.30. The maximum absolute atomic E-state index is 12.3. The van der Waals surface area contributed by atoms with Gasteiger partial charge in [0, 0.05) is 12.6 Å². The average Bonchev–Trinajstić information content (AvgIpc) is 2.98. The van der Waals surface area contributed by atoms with Crippen LogP contribution in [0.2, 0.25) is 0 Å². The summed E-state index contributed by atoms with van der Waals surface area (Å²) in [7, 11) is 1.64. The minimum absolute atomic E-state index is 0.0698. The molecule has 27 heavy (non-hydrogen) atoms. The van der Waals surface area contributed by atoms with Crippen LogP contribution in [-0.2, 0) is 4.79 Å². The number of para-hydroxylation sites is 1. The van der Waals surface area contributed by atoms with Crippen LogP contribution >= 0.6 is 11.8 Å². The summed E-state index contributed by atoms with van der Waals surface area (Å²) in [5.41, 5.74) is 7.10. The Balaban J connectivity index is 1.69. The first-order valence-corrected chi connectivity index (χ1v) is 9.28. The molecule has 0 radical (unpaired) electrons. The molecule has 0 fully saturated rings. The number of hydrogen-bond acceptors (Lipinski definition) is 6. The van der Waals surface area contributed by atoms with Crippen LogP contribution < -0.4 is 10.7 Å². The van der Waals surface area contributed by atoms with Gasteiger partial charge in [-0.25, -0.2) is 5.01 Å². The Morgan fingerprint density at radius 2 is 1.96 bits per heavy atom. The molecule has 0 aliphatic carbocycles. The van der Waals surface area contributed by atoms with Crippen LogP contribution in [0.3, 0.4) is 0 Å². The molecule has 2 aromatic carbocycles. The molecule has 8 heteroatoms. The molecule has 136 valence electrons. The summed E-state index contributed by atoms with van der Waals surface area (Å²) in [6, 6.07) is 15.1. The fraction of sp³-hybridized carbons (Fsp3) is 0.158. The molecule has 2 aromatic rings. The highest BCUT2D eigenvalue weighted by molar-refractivity contribution is 8.14. The lowest BCUT2D eigenvalue weighted by atomic mass is 10.0. The Bertz CT molecular complexity index is 987. The molecular weight excluding hydrogens is 362 g/mol. The van der Waals surface area contributed by atoms with Gasteiger partial charge in [0.2, 0.25) is 0 Å². The zero-order chi connectivity index (χ0) is 19.0. The van der Waals surface area contributed by atoms with Crippen LogP contribution in [-0.4, -0.2) is 39.9 Å². The van der Waals surface area contributed by atoms with Crippen molar-refractivity contribution in [1.29, 1.82) is 0 Å². The van der Waals surface area contributed by atoms with Crippen molar-refractivity contribution in [3.05, 3.63) is 59.7 Å². The molecule has 0 saturated heterocycles. The van der Waals surface area contributed by atoms with Gasteiger partial charge in [-0.1, -0.05) is 36.0 Å². The van der Waals surface area contributed by atoms with Crippen LogP contribution in [0.5, 0.6) is 0 Å². The van der Waals surface area contributed by atoms with Crippen molar-refractivity contribution in [3.63, 3.8) is 0 Å². The second kappa shape index (κ2) is 6.88. The molecule has 2 aliphatic heterocycles. The Labute approximate surface area is 160 Å². The topological polar surface area (TPSA) is 86.2 Å². The Morgan fingerprint density at radius 1 is 1.19 bits per heavy atom. The minimum atomic E-state index is -0.258. The van der Waals surface area contributed by atoms with Gasteiger partial charge in [0.25, 0.3) is 5.91 Å². The molecule has 2 amide bonds. The van der Waals surface area contributed by atoms with E-state index in [4.69, 9.17) is 0 Å². The van der Waals surface area contributed by atoms with Crippen LogP contribution in [0.15, 0.2) is 58.7 Å². The van der Waals surface area contributed by atoms with E-state index >= 15 is 0 Å². The number of nitrogens with zero attached hydrogens (tertiary/aromatic N) is 3. The third-order valence-corrected chi connectivity index (χ3v) is 5.33. The molecule has 0 aromatic heterocycles. The highest BCUT2D eigenvalue weighted by atomic mass is 32.2. The van der Waals surface area contributed by atoms with Gasteiger partial charge in [0.15, 0.2) is 5.71 Å². The van der Waals surface area contributed by atoms with Gasteiger partial charge in [-0.15, -0.1) is 0 Å². The fourth-order valence-corrected chi connectivity index (χ4v) is 3.71. The largest absolute Gasteiger partial charge is 0.320 e. The number of hydrogen-bond donors (Lipinski definition) is 2. The summed E-state index contributed by atoms with van der Waals surface area (Å²) in [5.74, 6) is -0.258. The number of nitrogens with one attached hydrogen (secondary N) is 2. The summed E-state index contributed by atoms with van der Waals surface area (Å²) < 4.78 is 0. The number of rotatable bonds is 3. The Hall–Kier alpha value is -3.13. The highest BCUT2D eigenvalue weighted by Crippen LogP contribution is 2.29. The van der Waals surface area contributed by atoms with Crippen LogP contribution in [0, 0.1) is 0 Å². The van der Waals surface area contributed by atoms with Crippen LogP contribution in [0.1, 0.15) is 18.1 Å². The summed E-state index contributed by atoms with van der Waals surface area (Å²) in [4.78, 5) is 24.1. The monoisotopic (exact) mass is 379 g/mol. The Morgan fingerprint density at radius 3 is 2.74 bits per heavy atom. The standard InChI is InChI=1S/C19H17N5O2S/c1-11-16(23-24(2)19(26)27-11)12-8-9-15-14(10-12)17(18(25)20-15)22-21-13-6-4-3-5-7-13/h3-11,21H,1-2H3,(H,20,22,25). The number of benzene rings is 2. The van der Waals surface area contributed by atoms with E-state index in [1.807, 2.05) is 55.5 Å². The number of carbonyl (C=O) groups is 2. The lowest BCUT2D eigenvalue weighted by Crippen LogP contribution is -2.31. The second-order valence-electron chi connectivity index (χ2n) is 6.19. The van der Waals surface area contributed by atoms with E-state index in [-0.39, 0.29) is 16.4 Å². The van der Waals surface area contributed by atoms with Crippen LogP contribution in [0.4, 0.5) is 16.2 Å². The van der Waals surface area contributed by atoms with Gasteiger partial charge in [-0.3, -0.25) is 15.0 Å². The van der Waals surface area contributed by atoms with Crippen molar-refractivity contribution in [1.82, 2.24) is 5.01 Å². The molecule has 2 heterocycles. The second-order valence-corrected chi connectivity index (χ2v) is 7.48. The molecule has 2 aliphatic rings. The summed E-state index contributed by atoms with van der Waals surface area (Å²) >= 11 is 1.23. The van der Waals surface area contributed by atoms with Gasteiger partial charge < -0.3 is 5.32 Å². The fourth-order valence-electron chi connectivity index (χ4n) is 2.92. The molecule has 2 N–H and O–H groups in total. The zero-order valence-electron chi connectivity index (χ0n) is 14.8. The first-order chi connectivity index (χ1) is 13.0. The summed E-state index contributed by atoms with van der Waals surface area (Å²) in [5, 5.41) is 12.7. The van der Waals surface area contributed by atoms with E-state index < -0.39 is 0 Å². The molecule has 4 rings (SSSR count). The van der Waals surface area contributed by atoms with Crippen molar-refractivity contribution in [3.8, 4) is 0 Å². The molecule has 7 nitrogen and oxygen atoms in total. The average molecular weight is 379 g/mol. The first-order valence-electron chi connectivity index (χ1n) is 8.40. The predicted octanol–water partition coefficient (Wildman–Crippen LogP) is 3.35. The number of fused-ring (bicyclic) bond motifs is 1. The van der Waals surface area contributed by atoms with Crippen molar-refractivity contribution in [2.24, 2.45) is 10.2 Å². The van der Waals surface area contributed by atoms with Gasteiger partial charge in [-0.2, -0.15) is 10.2 Å². The quantitative estimate of drug-likeness (QED) is 0.801. The zero-order valence-corrected chi connectivity index (χ0v) is 15.6. The van der Waals surface area contributed by atoms with Crippen molar-refractivity contribution in [2.75, 3.05) is 17.8 Å². The van der Waals surface area contributed by atoms with Gasteiger partial charge >= 0.3 is 5.24 Å². The molecule has 0 spiro atoms. The predicted molar refractivity (Wildman–Crippen MR) is 108 cm³/mol. The molecule has 0 bridgehead atoms. The van der Waals surface area contributed by atoms with Gasteiger partial charge in [-0.05, 0) is 36.8 Å². The molecule has 0 saturated carbocycles. The number of anilines is 2. The van der Waals surface area contributed by atoms with E-state index in [2.05, 4.69) is 20.9 Å². The third kappa shape index (κ3) is 3.31. The number of thioether (sulfide) groups is 1. The van der Waals surface area contributed by atoms with E-state index in [9.17, 15) is 9.59 Å². The van der Waals surface area contributed by atoms with Crippen molar-refractivity contribution in [2.45, 2.75) is 12.2 Å². The van der Waals surface area contributed by atoms with E-state index in [0.29, 0.717) is 17.0 Å². The number of hydrazone groups is 2. The number of carbonyl (C=O) groups excluding carboxylic acids is 2. The first kappa shape index (κ1) is 17.3. The maximum Gasteiger partial charge on any atom is 0.302 e. The third-order valence-electron chi connectivity index (χ3n) is 4.29. The molecule has 1 unspecified atom stereocenters. The van der Waals surface area contributed by atoms with Crippen LogP contribution in [0.25, 0.3) is 0 Å². The lowest BCUT2D eigenvalue weighted by Gasteiger charge is -2.24. The Kier molecular flexibility index (Phi) is 4.41. The smallest absolute Gasteiger partial charge is 0.302 e. The lowest BCUT2D eigenvalue weighted by molar-refractivity contribution is -0.110. The summed E-state index contributed by atoms with van der Waals surface area (Å²) in [6.45, 7) is 1.94. The van der Waals surface area contributed by atoms with E-state index in [1.165, 1.54) is 16.8 Å². The van der Waals surface area contributed by atoms with Gasteiger partial charge in [0.05, 0.1) is 22.3 Å². The van der Waals surface area contributed by atoms with Gasteiger partial charge in [0.1, 0.15) is 0 Å². The SMILES string of the molecule is CC1SC(=O)N(C)N=C1c1ccc2c(c1)/C(=N/Nc1ccccc1)C(=O)N2. The number of amides is 2.